The predicted octanol–water partition coefficient (Wildman–Crippen LogP) is 4.79. The second-order valence-corrected chi connectivity index (χ2v) is 5.88. The van der Waals surface area contributed by atoms with Crippen LogP contribution in [0.2, 0.25) is 0 Å². The highest BCUT2D eigenvalue weighted by Crippen LogP contribution is 2.13. The molecule has 22 heavy (non-hydrogen) atoms. The maximum atomic E-state index is 11.9. The third-order valence-corrected chi connectivity index (χ3v) is 3.63. The van der Waals surface area contributed by atoms with Gasteiger partial charge in [-0.2, -0.15) is 0 Å². The molecular formula is C18H34O4. The Morgan fingerprint density at radius 3 is 1.91 bits per heavy atom. The van der Waals surface area contributed by atoms with Crippen LogP contribution in [-0.4, -0.2) is 24.6 Å². The van der Waals surface area contributed by atoms with Crippen LogP contribution in [0, 0.1) is 0 Å². The van der Waals surface area contributed by atoms with E-state index in [0.717, 1.165) is 25.7 Å². The van der Waals surface area contributed by atoms with Crippen molar-refractivity contribution in [3.63, 3.8) is 0 Å². The van der Waals surface area contributed by atoms with Crippen molar-refractivity contribution >= 4 is 11.9 Å². The number of hydrogen-bond acceptors (Lipinski definition) is 4. The summed E-state index contributed by atoms with van der Waals surface area (Å²) in [6, 6.07) is 0. The second-order valence-electron chi connectivity index (χ2n) is 5.88. The quantitative estimate of drug-likeness (QED) is 0.341. The Bertz CT molecular complexity index is 289. The molecule has 4 heteroatoms. The molecule has 0 radical (unpaired) electrons. The van der Waals surface area contributed by atoms with E-state index in [1.807, 2.05) is 6.92 Å². The van der Waals surface area contributed by atoms with Gasteiger partial charge in [0.15, 0.2) is 6.10 Å². The highest BCUT2D eigenvalue weighted by atomic mass is 16.6. The van der Waals surface area contributed by atoms with Crippen molar-refractivity contribution in [1.29, 1.82) is 0 Å². The summed E-state index contributed by atoms with van der Waals surface area (Å²) in [5.41, 5.74) is 0. The molecule has 0 amide bonds. The van der Waals surface area contributed by atoms with Crippen molar-refractivity contribution in [2.24, 2.45) is 0 Å². The molecule has 0 saturated heterocycles. The number of unbranched alkanes of at least 4 members (excludes halogenated alkanes) is 8. The summed E-state index contributed by atoms with van der Waals surface area (Å²) in [6.45, 7) is 6.00. The van der Waals surface area contributed by atoms with Crippen LogP contribution in [-0.2, 0) is 19.1 Å². The van der Waals surface area contributed by atoms with Crippen LogP contribution in [0.15, 0.2) is 0 Å². The highest BCUT2D eigenvalue weighted by Gasteiger charge is 2.22. The number of rotatable bonds is 14. The Hall–Kier alpha value is -1.06. The third kappa shape index (κ3) is 12.7. The van der Waals surface area contributed by atoms with Gasteiger partial charge in [-0.05, 0) is 19.3 Å². The Kier molecular flexibility index (Phi) is 14.1. The molecule has 0 saturated carbocycles. The summed E-state index contributed by atoms with van der Waals surface area (Å²) in [4.78, 5) is 23.0. The van der Waals surface area contributed by atoms with Crippen LogP contribution < -0.4 is 0 Å². The van der Waals surface area contributed by atoms with Crippen LogP contribution in [0.1, 0.15) is 91.4 Å². The lowest BCUT2D eigenvalue weighted by molar-refractivity contribution is -0.167. The zero-order chi connectivity index (χ0) is 16.6. The van der Waals surface area contributed by atoms with E-state index in [9.17, 15) is 9.59 Å². The van der Waals surface area contributed by atoms with Crippen molar-refractivity contribution in [1.82, 2.24) is 0 Å². The van der Waals surface area contributed by atoms with Crippen LogP contribution in [0.5, 0.6) is 0 Å². The van der Waals surface area contributed by atoms with E-state index in [0.29, 0.717) is 13.0 Å². The van der Waals surface area contributed by atoms with Crippen LogP contribution in [0.4, 0.5) is 0 Å². The summed E-state index contributed by atoms with van der Waals surface area (Å²) in [6.07, 6.45) is 11.3. The van der Waals surface area contributed by atoms with E-state index in [-0.39, 0.29) is 0 Å². The largest absolute Gasteiger partial charge is 0.463 e. The van der Waals surface area contributed by atoms with Gasteiger partial charge >= 0.3 is 11.9 Å². The predicted molar refractivity (Wildman–Crippen MR) is 88.6 cm³/mol. The molecule has 1 atom stereocenters. The summed E-state index contributed by atoms with van der Waals surface area (Å²) < 4.78 is 10.2. The highest BCUT2D eigenvalue weighted by molar-refractivity contribution is 5.78. The molecule has 4 nitrogen and oxygen atoms in total. The molecular weight excluding hydrogens is 280 g/mol. The fourth-order valence-corrected chi connectivity index (χ4v) is 2.30. The molecule has 0 rings (SSSR count). The minimum absolute atomic E-state index is 0.397. The lowest BCUT2D eigenvalue weighted by atomic mass is 10.1. The minimum atomic E-state index is -0.727. The topological polar surface area (TPSA) is 52.6 Å². The first-order valence-electron chi connectivity index (χ1n) is 8.95. The van der Waals surface area contributed by atoms with Crippen LogP contribution in [0.25, 0.3) is 0 Å². The van der Waals surface area contributed by atoms with Crippen LogP contribution >= 0.6 is 0 Å². The number of carbonyl (C=O) groups is 2. The molecule has 130 valence electrons. The first-order chi connectivity index (χ1) is 10.6. The molecule has 0 bridgehead atoms. The second kappa shape index (κ2) is 14.9. The monoisotopic (exact) mass is 314 g/mol. The van der Waals surface area contributed by atoms with Crippen molar-refractivity contribution in [2.45, 2.75) is 97.5 Å². The van der Waals surface area contributed by atoms with E-state index < -0.39 is 18.0 Å². The molecule has 0 spiro atoms. The maximum Gasteiger partial charge on any atom is 0.347 e. The SMILES string of the molecule is CCCCCCCCCC[C@H](OC(C)=O)C(=O)OCCCC. The van der Waals surface area contributed by atoms with Crippen LogP contribution in [0.3, 0.4) is 0 Å². The van der Waals surface area contributed by atoms with E-state index in [2.05, 4.69) is 6.92 Å². The van der Waals surface area contributed by atoms with Crippen molar-refractivity contribution in [2.75, 3.05) is 6.61 Å². The van der Waals surface area contributed by atoms with Gasteiger partial charge in [-0.25, -0.2) is 4.79 Å². The van der Waals surface area contributed by atoms with Gasteiger partial charge in [0.05, 0.1) is 6.61 Å². The van der Waals surface area contributed by atoms with Crippen molar-refractivity contribution < 1.29 is 19.1 Å². The van der Waals surface area contributed by atoms with Gasteiger partial charge in [-0.3, -0.25) is 4.79 Å². The first-order valence-corrected chi connectivity index (χ1v) is 8.95. The van der Waals surface area contributed by atoms with Gasteiger partial charge in [0.2, 0.25) is 0 Å². The van der Waals surface area contributed by atoms with Gasteiger partial charge in [0.1, 0.15) is 0 Å². The van der Waals surface area contributed by atoms with Crippen molar-refractivity contribution in [3.8, 4) is 0 Å². The summed E-state index contributed by atoms with van der Waals surface area (Å²) in [5.74, 6) is -0.816. The van der Waals surface area contributed by atoms with Gasteiger partial charge in [-0.15, -0.1) is 0 Å². The van der Waals surface area contributed by atoms with E-state index >= 15 is 0 Å². The normalized spacial score (nSPS) is 12.0. The molecule has 0 N–H and O–H groups in total. The van der Waals surface area contributed by atoms with Gasteiger partial charge in [-0.1, -0.05) is 65.2 Å². The maximum absolute atomic E-state index is 11.9. The first kappa shape index (κ1) is 20.9. The smallest absolute Gasteiger partial charge is 0.347 e. The molecule has 0 aromatic heterocycles. The van der Waals surface area contributed by atoms with Crippen molar-refractivity contribution in [3.05, 3.63) is 0 Å². The summed E-state index contributed by atoms with van der Waals surface area (Å²) in [7, 11) is 0. The zero-order valence-electron chi connectivity index (χ0n) is 14.7. The molecule has 0 aromatic rings. The number of carbonyl (C=O) groups excluding carboxylic acids is 2. The fourth-order valence-electron chi connectivity index (χ4n) is 2.30. The molecule has 0 aliphatic rings. The Labute approximate surface area is 135 Å². The van der Waals surface area contributed by atoms with E-state index in [1.54, 1.807) is 0 Å². The third-order valence-electron chi connectivity index (χ3n) is 3.63. The standard InChI is InChI=1S/C18H34O4/c1-4-6-8-9-10-11-12-13-14-17(22-16(3)19)18(20)21-15-7-5-2/h17H,4-15H2,1-3H3/t17-/m0/s1. The lowest BCUT2D eigenvalue weighted by Crippen LogP contribution is -2.28. The Morgan fingerprint density at radius 1 is 0.818 bits per heavy atom. The lowest BCUT2D eigenvalue weighted by Gasteiger charge is -2.15. The fraction of sp³-hybridized carbons (Fsp3) is 0.889. The van der Waals surface area contributed by atoms with E-state index in [4.69, 9.17) is 9.47 Å². The molecule has 0 heterocycles. The van der Waals surface area contributed by atoms with Gasteiger partial charge < -0.3 is 9.47 Å². The molecule has 0 fully saturated rings. The summed E-state index contributed by atoms with van der Waals surface area (Å²) in [5, 5.41) is 0. The Morgan fingerprint density at radius 2 is 1.36 bits per heavy atom. The zero-order valence-corrected chi connectivity index (χ0v) is 14.7. The molecule has 0 aliphatic heterocycles. The Balaban J connectivity index is 3.84. The molecule has 0 aromatic carbocycles. The average molecular weight is 314 g/mol. The van der Waals surface area contributed by atoms with Gasteiger partial charge in [0.25, 0.3) is 0 Å². The summed E-state index contributed by atoms with van der Waals surface area (Å²) >= 11 is 0. The number of ether oxygens (including phenoxy) is 2. The molecule has 0 unspecified atom stereocenters. The molecule has 0 aliphatic carbocycles. The van der Waals surface area contributed by atoms with Gasteiger partial charge in [0, 0.05) is 6.92 Å². The average Bonchev–Trinajstić information content (AvgIpc) is 2.48. The number of esters is 2. The van der Waals surface area contributed by atoms with E-state index in [1.165, 1.54) is 45.4 Å². The number of hydrogen-bond donors (Lipinski definition) is 0. The minimum Gasteiger partial charge on any atom is -0.463 e.